The van der Waals surface area contributed by atoms with Crippen molar-refractivity contribution in [3.63, 3.8) is 0 Å². The molecule has 0 bridgehead atoms. The van der Waals surface area contributed by atoms with Crippen LogP contribution in [0.15, 0.2) is 36.4 Å². The fourth-order valence-corrected chi connectivity index (χ4v) is 4.62. The van der Waals surface area contributed by atoms with Crippen molar-refractivity contribution in [2.45, 2.75) is 110 Å². The molecule has 0 unspecified atom stereocenters. The molecule has 0 amide bonds. The Kier molecular flexibility index (Phi) is 15.0. The first-order chi connectivity index (χ1) is 15.9. The summed E-state index contributed by atoms with van der Waals surface area (Å²) in [4.78, 5) is 0. The number of ether oxygens (including phenoxy) is 2. The molecule has 0 atom stereocenters. The fourth-order valence-electron chi connectivity index (χ4n) is 4.62. The minimum atomic E-state index is 0.596. The smallest absolute Gasteiger partial charge is 0.127 e. The van der Waals surface area contributed by atoms with Gasteiger partial charge in [0.15, 0.2) is 0 Å². The molecule has 0 aromatic carbocycles. The van der Waals surface area contributed by atoms with E-state index >= 15 is 0 Å². The second-order valence-electron chi connectivity index (χ2n) is 9.31. The predicted molar refractivity (Wildman–Crippen MR) is 139 cm³/mol. The van der Waals surface area contributed by atoms with E-state index in [0.717, 1.165) is 12.2 Å². The molecular formula is C30H48O2. The highest BCUT2D eigenvalue weighted by atomic mass is 16.5. The van der Waals surface area contributed by atoms with Crippen LogP contribution in [0.4, 0.5) is 0 Å². The zero-order valence-corrected chi connectivity index (χ0v) is 21.0. The van der Waals surface area contributed by atoms with E-state index in [1.165, 1.54) is 113 Å². The van der Waals surface area contributed by atoms with E-state index < -0.39 is 0 Å². The van der Waals surface area contributed by atoms with Gasteiger partial charge in [0.2, 0.25) is 0 Å². The predicted octanol–water partition coefficient (Wildman–Crippen LogP) is 9.23. The van der Waals surface area contributed by atoms with E-state index in [9.17, 15) is 0 Å². The van der Waals surface area contributed by atoms with Crippen molar-refractivity contribution in [2.75, 3.05) is 20.3 Å². The van der Waals surface area contributed by atoms with Crippen molar-refractivity contribution in [2.24, 2.45) is 0 Å². The molecular weight excluding hydrogens is 392 g/mol. The molecule has 2 nitrogen and oxygen atoms in total. The lowest BCUT2D eigenvalue weighted by atomic mass is 10.0. The molecule has 180 valence electrons. The third-order valence-electron chi connectivity index (χ3n) is 6.55. The van der Waals surface area contributed by atoms with E-state index in [4.69, 9.17) is 9.47 Å². The van der Waals surface area contributed by atoms with Crippen LogP contribution < -0.4 is 4.74 Å². The summed E-state index contributed by atoms with van der Waals surface area (Å²) in [6, 6.07) is 13.0. The van der Waals surface area contributed by atoms with Gasteiger partial charge in [-0.15, -0.1) is 0 Å². The first kappa shape index (κ1) is 26.7. The number of rotatable bonds is 20. The van der Waals surface area contributed by atoms with Crippen LogP contribution in [0.1, 0.15) is 109 Å². The van der Waals surface area contributed by atoms with Crippen LogP contribution in [-0.2, 0) is 11.2 Å². The highest BCUT2D eigenvalue weighted by Crippen LogP contribution is 2.36. The van der Waals surface area contributed by atoms with Crippen molar-refractivity contribution < 1.29 is 9.47 Å². The summed E-state index contributed by atoms with van der Waals surface area (Å²) in [7, 11) is 1.72. The standard InChI is InChI=1S/C30H48O2/c1-3-4-5-6-7-8-9-10-11-12-13-14-15-16-17-20-27-23-24-28-21-18-19-22-29(30(27)28)32-26-25-31-2/h18-19,21-24H,3-17,20,25-26H2,1-2H3. The van der Waals surface area contributed by atoms with Gasteiger partial charge < -0.3 is 9.47 Å². The monoisotopic (exact) mass is 440 g/mol. The van der Waals surface area contributed by atoms with Crippen molar-refractivity contribution in [1.82, 2.24) is 0 Å². The minimum Gasteiger partial charge on any atom is -0.491 e. The third kappa shape index (κ3) is 10.9. The third-order valence-corrected chi connectivity index (χ3v) is 6.55. The summed E-state index contributed by atoms with van der Waals surface area (Å²) in [5.74, 6) is 0.989. The van der Waals surface area contributed by atoms with E-state index in [1.54, 1.807) is 7.11 Å². The van der Waals surface area contributed by atoms with Gasteiger partial charge in [-0.05, 0) is 30.0 Å². The number of hydrogen-bond donors (Lipinski definition) is 0. The van der Waals surface area contributed by atoms with Gasteiger partial charge in [0.1, 0.15) is 12.4 Å². The quantitative estimate of drug-likeness (QED) is 0.191. The Morgan fingerprint density at radius 2 is 1.16 bits per heavy atom. The number of fused-ring (bicyclic) bond motifs is 1. The van der Waals surface area contributed by atoms with Crippen LogP contribution in [0, 0.1) is 0 Å². The lowest BCUT2D eigenvalue weighted by Crippen LogP contribution is -2.04. The highest BCUT2D eigenvalue weighted by molar-refractivity contribution is 5.76. The molecule has 0 heterocycles. The zero-order valence-electron chi connectivity index (χ0n) is 21.0. The van der Waals surface area contributed by atoms with Gasteiger partial charge in [0.25, 0.3) is 0 Å². The topological polar surface area (TPSA) is 18.5 Å². The van der Waals surface area contributed by atoms with E-state index in [2.05, 4.69) is 43.3 Å². The summed E-state index contributed by atoms with van der Waals surface area (Å²) in [5.41, 5.74) is 3.99. The Balaban J connectivity index is 1.54. The van der Waals surface area contributed by atoms with E-state index in [0.29, 0.717) is 13.2 Å². The van der Waals surface area contributed by atoms with Gasteiger partial charge in [-0.2, -0.15) is 0 Å². The molecule has 2 heteroatoms. The van der Waals surface area contributed by atoms with Gasteiger partial charge >= 0.3 is 0 Å². The molecule has 0 aromatic heterocycles. The molecule has 0 N–H and O–H groups in total. The Morgan fingerprint density at radius 3 is 1.75 bits per heavy atom. The van der Waals surface area contributed by atoms with Crippen molar-refractivity contribution in [3.8, 4) is 16.9 Å². The summed E-state index contributed by atoms with van der Waals surface area (Å²) < 4.78 is 11.2. The first-order valence-corrected chi connectivity index (χ1v) is 13.5. The lowest BCUT2D eigenvalue weighted by Gasteiger charge is -2.10. The van der Waals surface area contributed by atoms with Gasteiger partial charge in [-0.3, -0.25) is 0 Å². The number of unbranched alkanes of at least 4 members (excludes halogenated alkanes) is 14. The second-order valence-corrected chi connectivity index (χ2v) is 9.31. The number of hydrogen-bond acceptors (Lipinski definition) is 2. The fraction of sp³-hybridized carbons (Fsp3) is 0.667. The molecule has 0 fully saturated rings. The molecule has 0 saturated heterocycles. The minimum absolute atomic E-state index is 0.596. The van der Waals surface area contributed by atoms with Crippen LogP contribution in [-0.4, -0.2) is 20.3 Å². The van der Waals surface area contributed by atoms with Crippen molar-refractivity contribution >= 4 is 0 Å². The Hall–Kier alpha value is -1.54. The van der Waals surface area contributed by atoms with Gasteiger partial charge in [0, 0.05) is 12.7 Å². The SMILES string of the molecule is CCCCCCCCCCCCCCCCCc1ccc2ccccc(OCCOC)c1-2. The summed E-state index contributed by atoms with van der Waals surface area (Å²) in [5, 5.41) is 0. The number of methoxy groups -OCH3 is 1. The Labute approximate surface area is 198 Å². The van der Waals surface area contributed by atoms with Crippen LogP contribution in [0.25, 0.3) is 11.1 Å². The molecule has 2 rings (SSSR count). The average molecular weight is 441 g/mol. The molecule has 2 aliphatic rings. The molecule has 2 aliphatic carbocycles. The van der Waals surface area contributed by atoms with E-state index in [1.807, 2.05) is 0 Å². The van der Waals surface area contributed by atoms with Gasteiger partial charge in [0.05, 0.1) is 6.61 Å². The molecule has 0 aromatic rings. The maximum Gasteiger partial charge on any atom is 0.127 e. The zero-order chi connectivity index (χ0) is 22.7. The molecule has 0 aliphatic heterocycles. The normalized spacial score (nSPS) is 11.3. The van der Waals surface area contributed by atoms with Crippen molar-refractivity contribution in [1.29, 1.82) is 0 Å². The lowest BCUT2D eigenvalue weighted by molar-refractivity contribution is 0.146. The van der Waals surface area contributed by atoms with Crippen LogP contribution in [0.3, 0.4) is 0 Å². The maximum atomic E-state index is 6.02. The van der Waals surface area contributed by atoms with Crippen LogP contribution >= 0.6 is 0 Å². The second kappa shape index (κ2) is 18.0. The van der Waals surface area contributed by atoms with Gasteiger partial charge in [-0.25, -0.2) is 0 Å². The highest BCUT2D eigenvalue weighted by Gasteiger charge is 2.13. The molecule has 0 saturated carbocycles. The molecule has 0 radical (unpaired) electrons. The Morgan fingerprint density at radius 1 is 0.594 bits per heavy atom. The average Bonchev–Trinajstić information content (AvgIpc) is 3.09. The summed E-state index contributed by atoms with van der Waals surface area (Å²) >= 11 is 0. The maximum absolute atomic E-state index is 6.02. The largest absolute Gasteiger partial charge is 0.491 e. The molecule has 32 heavy (non-hydrogen) atoms. The van der Waals surface area contributed by atoms with E-state index in [-0.39, 0.29) is 0 Å². The van der Waals surface area contributed by atoms with Gasteiger partial charge in [-0.1, -0.05) is 127 Å². The van der Waals surface area contributed by atoms with Crippen LogP contribution in [0.5, 0.6) is 5.75 Å². The Bertz CT molecular complexity index is 666. The summed E-state index contributed by atoms with van der Waals surface area (Å²) in [6.07, 6.45) is 22.3. The van der Waals surface area contributed by atoms with Crippen LogP contribution in [0.2, 0.25) is 0 Å². The first-order valence-electron chi connectivity index (χ1n) is 13.5. The summed E-state index contributed by atoms with van der Waals surface area (Å²) in [6.45, 7) is 3.51. The molecule has 0 spiro atoms. The van der Waals surface area contributed by atoms with Crippen molar-refractivity contribution in [3.05, 3.63) is 42.0 Å². The number of aryl methyl sites for hydroxylation is 1.